The summed E-state index contributed by atoms with van der Waals surface area (Å²) in [7, 11) is 0. The van der Waals surface area contributed by atoms with Crippen LogP contribution in [0.5, 0.6) is 0 Å². The Balaban J connectivity index is 1.52. The summed E-state index contributed by atoms with van der Waals surface area (Å²) >= 11 is 0. The third-order valence-corrected chi connectivity index (χ3v) is 5.26. The van der Waals surface area contributed by atoms with Crippen molar-refractivity contribution in [1.29, 1.82) is 0 Å². The molecule has 2 aliphatic rings. The molecule has 2 atom stereocenters. The first kappa shape index (κ1) is 16.8. The highest BCUT2D eigenvalue weighted by Gasteiger charge is 2.28. The predicted molar refractivity (Wildman–Crippen MR) is 94.9 cm³/mol. The molecule has 2 amide bonds. The van der Waals surface area contributed by atoms with Gasteiger partial charge in [0.25, 0.3) is 0 Å². The molecule has 1 N–H and O–H groups in total. The second-order valence-electron chi connectivity index (χ2n) is 6.97. The monoisotopic (exact) mass is 329 g/mol. The molecular weight excluding hydrogens is 302 g/mol. The summed E-state index contributed by atoms with van der Waals surface area (Å²) in [4.78, 5) is 28.1. The fraction of sp³-hybridized carbons (Fsp3) is 0.579. The molecule has 0 aromatic heterocycles. The first-order valence-electron chi connectivity index (χ1n) is 8.94. The lowest BCUT2D eigenvalue weighted by Crippen LogP contribution is -2.47. The molecule has 0 spiro atoms. The highest BCUT2D eigenvalue weighted by atomic mass is 16.2. The number of anilines is 1. The van der Waals surface area contributed by atoms with E-state index in [0.29, 0.717) is 13.1 Å². The maximum atomic E-state index is 12.5. The van der Waals surface area contributed by atoms with Gasteiger partial charge in [0.05, 0.1) is 5.92 Å². The number of likely N-dealkylation sites (tertiary alicyclic amines) is 1. The van der Waals surface area contributed by atoms with Gasteiger partial charge in [0, 0.05) is 44.8 Å². The van der Waals surface area contributed by atoms with Crippen LogP contribution in [0, 0.1) is 5.92 Å². The molecule has 0 unspecified atom stereocenters. The van der Waals surface area contributed by atoms with E-state index < -0.39 is 0 Å². The van der Waals surface area contributed by atoms with Gasteiger partial charge < -0.3 is 15.1 Å². The van der Waals surface area contributed by atoms with Crippen molar-refractivity contribution in [2.24, 2.45) is 5.92 Å². The Morgan fingerprint density at radius 2 is 2.08 bits per heavy atom. The first-order valence-corrected chi connectivity index (χ1v) is 8.94. The van der Waals surface area contributed by atoms with Crippen molar-refractivity contribution in [2.75, 3.05) is 31.1 Å². The minimum atomic E-state index is -0.0688. The minimum Gasteiger partial charge on any atom is -0.366 e. The van der Waals surface area contributed by atoms with Crippen LogP contribution in [0.3, 0.4) is 0 Å². The number of carbonyl (C=O) groups excluding carboxylic acids is 2. The molecule has 1 saturated heterocycles. The summed E-state index contributed by atoms with van der Waals surface area (Å²) in [5.74, 6) is 0.0792. The Bertz CT molecular complexity index is 616. The average Bonchev–Trinajstić information content (AvgIpc) is 3.03. The Morgan fingerprint density at radius 1 is 1.29 bits per heavy atom. The average molecular weight is 329 g/mol. The maximum absolute atomic E-state index is 12.5. The number of amides is 2. The van der Waals surface area contributed by atoms with Crippen LogP contribution in [0.15, 0.2) is 24.3 Å². The van der Waals surface area contributed by atoms with E-state index in [1.54, 1.807) is 11.8 Å². The molecule has 1 fully saturated rings. The molecule has 0 saturated carbocycles. The highest BCUT2D eigenvalue weighted by molar-refractivity contribution is 5.80. The second-order valence-corrected chi connectivity index (χ2v) is 6.97. The standard InChI is InChI=1S/C19H27N3O2/c1-14(22-11-9-16-6-3-4-8-18(16)22)12-20-19(24)17-7-5-10-21(13-17)15(2)23/h3-4,6,8,14,17H,5,7,9-13H2,1-2H3,(H,20,24)/t14-,17-/m1/s1. The number of hydrogen-bond donors (Lipinski definition) is 1. The molecule has 0 radical (unpaired) electrons. The number of nitrogens with zero attached hydrogens (tertiary/aromatic N) is 2. The predicted octanol–water partition coefficient (Wildman–Crippen LogP) is 1.81. The van der Waals surface area contributed by atoms with Crippen LogP contribution in [0.4, 0.5) is 5.69 Å². The Hall–Kier alpha value is -2.04. The molecule has 2 aliphatic heterocycles. The molecule has 24 heavy (non-hydrogen) atoms. The van der Waals surface area contributed by atoms with Crippen molar-refractivity contribution >= 4 is 17.5 Å². The van der Waals surface area contributed by atoms with Crippen LogP contribution in [0.1, 0.15) is 32.3 Å². The van der Waals surface area contributed by atoms with E-state index in [0.717, 1.165) is 32.4 Å². The van der Waals surface area contributed by atoms with E-state index in [4.69, 9.17) is 0 Å². The summed E-state index contributed by atoms with van der Waals surface area (Å²) in [6.45, 7) is 6.72. The number of para-hydroxylation sites is 1. The lowest BCUT2D eigenvalue weighted by molar-refractivity contribution is -0.133. The molecule has 0 aliphatic carbocycles. The zero-order chi connectivity index (χ0) is 17.1. The largest absolute Gasteiger partial charge is 0.366 e. The number of fused-ring (bicyclic) bond motifs is 1. The van der Waals surface area contributed by atoms with E-state index >= 15 is 0 Å². The Kier molecular flexibility index (Phi) is 5.07. The van der Waals surface area contributed by atoms with Gasteiger partial charge in [-0.3, -0.25) is 9.59 Å². The minimum absolute atomic E-state index is 0.0644. The number of piperidine rings is 1. The zero-order valence-electron chi connectivity index (χ0n) is 14.6. The Labute approximate surface area is 144 Å². The smallest absolute Gasteiger partial charge is 0.224 e. The third kappa shape index (κ3) is 3.55. The van der Waals surface area contributed by atoms with Crippen LogP contribution in [-0.2, 0) is 16.0 Å². The van der Waals surface area contributed by atoms with E-state index in [1.165, 1.54) is 11.3 Å². The van der Waals surface area contributed by atoms with Gasteiger partial charge in [0.15, 0.2) is 0 Å². The summed E-state index contributed by atoms with van der Waals surface area (Å²) < 4.78 is 0. The van der Waals surface area contributed by atoms with Gasteiger partial charge in [-0.15, -0.1) is 0 Å². The van der Waals surface area contributed by atoms with Crippen LogP contribution in [0.25, 0.3) is 0 Å². The van der Waals surface area contributed by atoms with E-state index in [9.17, 15) is 9.59 Å². The molecule has 0 bridgehead atoms. The molecule has 3 rings (SSSR count). The van der Waals surface area contributed by atoms with Crippen molar-refractivity contribution in [1.82, 2.24) is 10.2 Å². The molecule has 130 valence electrons. The maximum Gasteiger partial charge on any atom is 0.224 e. The highest BCUT2D eigenvalue weighted by Crippen LogP contribution is 2.29. The van der Waals surface area contributed by atoms with Crippen molar-refractivity contribution < 1.29 is 9.59 Å². The Morgan fingerprint density at radius 3 is 2.88 bits per heavy atom. The number of carbonyl (C=O) groups is 2. The summed E-state index contributed by atoms with van der Waals surface area (Å²) in [6.07, 6.45) is 2.86. The zero-order valence-corrected chi connectivity index (χ0v) is 14.6. The molecule has 2 heterocycles. The molecule has 1 aromatic carbocycles. The quantitative estimate of drug-likeness (QED) is 0.917. The van der Waals surface area contributed by atoms with Gasteiger partial charge in [0.1, 0.15) is 0 Å². The van der Waals surface area contributed by atoms with Crippen molar-refractivity contribution in [3.8, 4) is 0 Å². The van der Waals surface area contributed by atoms with Gasteiger partial charge in [-0.2, -0.15) is 0 Å². The molecule has 1 aromatic rings. The number of rotatable bonds is 4. The van der Waals surface area contributed by atoms with E-state index in [-0.39, 0.29) is 23.8 Å². The fourth-order valence-corrected chi connectivity index (χ4v) is 3.80. The summed E-state index contributed by atoms with van der Waals surface area (Å²) in [5, 5.41) is 3.10. The topological polar surface area (TPSA) is 52.7 Å². The van der Waals surface area contributed by atoms with Crippen LogP contribution in [0.2, 0.25) is 0 Å². The van der Waals surface area contributed by atoms with Crippen LogP contribution in [-0.4, -0.2) is 48.9 Å². The first-order chi connectivity index (χ1) is 11.6. The van der Waals surface area contributed by atoms with Crippen molar-refractivity contribution in [3.05, 3.63) is 29.8 Å². The number of hydrogen-bond acceptors (Lipinski definition) is 3. The summed E-state index contributed by atoms with van der Waals surface area (Å²) in [6, 6.07) is 8.76. The van der Waals surface area contributed by atoms with Crippen LogP contribution >= 0.6 is 0 Å². The fourth-order valence-electron chi connectivity index (χ4n) is 3.80. The third-order valence-electron chi connectivity index (χ3n) is 5.26. The lowest BCUT2D eigenvalue weighted by atomic mass is 9.97. The molecule has 5 nitrogen and oxygen atoms in total. The van der Waals surface area contributed by atoms with Gasteiger partial charge in [-0.25, -0.2) is 0 Å². The molecule has 5 heteroatoms. The van der Waals surface area contributed by atoms with Gasteiger partial charge in [0.2, 0.25) is 11.8 Å². The SMILES string of the molecule is CC(=O)N1CCC[C@@H](C(=O)NC[C@@H](C)N2CCc3ccccc32)C1. The van der Waals surface area contributed by atoms with Crippen LogP contribution < -0.4 is 10.2 Å². The van der Waals surface area contributed by atoms with Gasteiger partial charge in [-0.1, -0.05) is 18.2 Å². The van der Waals surface area contributed by atoms with Gasteiger partial charge in [-0.05, 0) is 37.8 Å². The van der Waals surface area contributed by atoms with Crippen molar-refractivity contribution in [2.45, 2.75) is 39.2 Å². The van der Waals surface area contributed by atoms with Crippen molar-refractivity contribution in [3.63, 3.8) is 0 Å². The second kappa shape index (κ2) is 7.24. The number of nitrogens with one attached hydrogen (secondary N) is 1. The van der Waals surface area contributed by atoms with E-state index in [2.05, 4.69) is 41.4 Å². The lowest BCUT2D eigenvalue weighted by Gasteiger charge is -2.32. The van der Waals surface area contributed by atoms with E-state index in [1.807, 2.05) is 0 Å². The van der Waals surface area contributed by atoms with Gasteiger partial charge >= 0.3 is 0 Å². The summed E-state index contributed by atoms with van der Waals surface area (Å²) in [5.41, 5.74) is 2.68. The normalized spacial score (nSPS) is 21.3. The molecular formula is C19H27N3O2. The number of benzene rings is 1.